The van der Waals surface area contributed by atoms with Gasteiger partial charge in [0.1, 0.15) is 0 Å². The Morgan fingerprint density at radius 2 is 0.603 bits per heavy atom. The van der Waals surface area contributed by atoms with Gasteiger partial charge in [-0.3, -0.25) is 9.59 Å². The highest BCUT2D eigenvalue weighted by Gasteiger charge is 2.20. The van der Waals surface area contributed by atoms with Crippen LogP contribution in [0.2, 0.25) is 0 Å². The van der Waals surface area contributed by atoms with Crippen LogP contribution >= 0.6 is 0 Å². The van der Waals surface area contributed by atoms with Crippen LogP contribution in [0.25, 0.3) is 0 Å². The van der Waals surface area contributed by atoms with Crippen LogP contribution in [0.15, 0.2) is 12.2 Å². The molecule has 0 bridgehead atoms. The maximum Gasteiger partial charge on any atom is 0.305 e. The Balaban J connectivity index is 3.35. The largest absolute Gasteiger partial charge is 0.466 e. The molecule has 78 heavy (non-hydrogen) atoms. The van der Waals surface area contributed by atoms with Gasteiger partial charge in [0, 0.05) is 12.8 Å². The summed E-state index contributed by atoms with van der Waals surface area (Å²) < 4.78 is 5.50. The van der Waals surface area contributed by atoms with Gasteiger partial charge < -0.3 is 20.3 Å². The van der Waals surface area contributed by atoms with Crippen molar-refractivity contribution in [2.45, 2.75) is 424 Å². The third-order valence-corrected chi connectivity index (χ3v) is 17.1. The molecular formula is C72H141NO5. The number of esters is 1. The van der Waals surface area contributed by atoms with Crippen molar-refractivity contribution in [1.82, 2.24) is 5.32 Å². The molecule has 2 atom stereocenters. The lowest BCUT2D eigenvalue weighted by Gasteiger charge is -2.22. The highest BCUT2D eigenvalue weighted by molar-refractivity contribution is 5.76. The van der Waals surface area contributed by atoms with Gasteiger partial charge in [-0.2, -0.15) is 0 Å². The average Bonchev–Trinajstić information content (AvgIpc) is 3.44. The predicted molar refractivity (Wildman–Crippen MR) is 343 cm³/mol. The zero-order valence-corrected chi connectivity index (χ0v) is 53.2. The van der Waals surface area contributed by atoms with Gasteiger partial charge >= 0.3 is 5.97 Å². The molecular weight excluding hydrogens is 959 g/mol. The van der Waals surface area contributed by atoms with E-state index in [1.54, 1.807) is 0 Å². The maximum absolute atomic E-state index is 12.5. The Morgan fingerprint density at radius 3 is 0.910 bits per heavy atom. The van der Waals surface area contributed by atoms with Crippen molar-refractivity contribution in [3.05, 3.63) is 12.2 Å². The number of aliphatic hydroxyl groups excluding tert-OH is 2. The summed E-state index contributed by atoms with van der Waals surface area (Å²) in [7, 11) is 0. The van der Waals surface area contributed by atoms with Gasteiger partial charge in [-0.25, -0.2) is 0 Å². The van der Waals surface area contributed by atoms with E-state index in [-0.39, 0.29) is 18.5 Å². The summed E-state index contributed by atoms with van der Waals surface area (Å²) in [5.41, 5.74) is 0. The summed E-state index contributed by atoms with van der Waals surface area (Å²) >= 11 is 0. The number of amides is 1. The van der Waals surface area contributed by atoms with E-state index in [0.717, 1.165) is 38.5 Å². The van der Waals surface area contributed by atoms with E-state index in [2.05, 4.69) is 31.3 Å². The van der Waals surface area contributed by atoms with Crippen molar-refractivity contribution >= 4 is 11.9 Å². The molecule has 0 aliphatic carbocycles. The van der Waals surface area contributed by atoms with E-state index in [0.29, 0.717) is 25.9 Å². The van der Waals surface area contributed by atoms with Crippen LogP contribution < -0.4 is 5.32 Å². The summed E-state index contributed by atoms with van der Waals surface area (Å²) in [6.45, 7) is 5.00. The normalized spacial score (nSPS) is 12.5. The van der Waals surface area contributed by atoms with E-state index in [1.165, 1.54) is 340 Å². The van der Waals surface area contributed by atoms with Crippen molar-refractivity contribution in [1.29, 1.82) is 0 Å². The Morgan fingerprint density at radius 1 is 0.346 bits per heavy atom. The molecule has 464 valence electrons. The molecule has 1 amide bonds. The van der Waals surface area contributed by atoms with Crippen LogP contribution in [0.5, 0.6) is 0 Å². The van der Waals surface area contributed by atoms with Gasteiger partial charge in [0.25, 0.3) is 0 Å². The number of allylic oxidation sites excluding steroid dienone is 2. The van der Waals surface area contributed by atoms with Gasteiger partial charge in [-0.1, -0.05) is 360 Å². The zero-order valence-electron chi connectivity index (χ0n) is 53.2. The minimum Gasteiger partial charge on any atom is -0.466 e. The van der Waals surface area contributed by atoms with Crippen molar-refractivity contribution in [3.63, 3.8) is 0 Å². The summed E-state index contributed by atoms with van der Waals surface area (Å²) in [5.74, 6) is -0.00964. The van der Waals surface area contributed by atoms with Crippen molar-refractivity contribution in [2.75, 3.05) is 13.2 Å². The van der Waals surface area contributed by atoms with Gasteiger partial charge in [-0.05, 0) is 51.4 Å². The number of rotatable bonds is 68. The molecule has 0 aromatic carbocycles. The number of nitrogens with one attached hydrogen (secondary N) is 1. The molecule has 6 nitrogen and oxygen atoms in total. The second-order valence-corrected chi connectivity index (χ2v) is 24.9. The minimum absolute atomic E-state index is 0.0204. The Hall–Kier alpha value is -1.40. The molecule has 0 fully saturated rings. The van der Waals surface area contributed by atoms with E-state index in [4.69, 9.17) is 4.74 Å². The second kappa shape index (κ2) is 68.1. The van der Waals surface area contributed by atoms with Crippen molar-refractivity contribution in [3.8, 4) is 0 Å². The molecule has 0 rings (SSSR count). The minimum atomic E-state index is -0.663. The Bertz CT molecular complexity index is 1180. The molecule has 0 heterocycles. The van der Waals surface area contributed by atoms with Crippen molar-refractivity contribution in [2.24, 2.45) is 0 Å². The zero-order chi connectivity index (χ0) is 56.4. The first kappa shape index (κ1) is 76.6. The quantitative estimate of drug-likeness (QED) is 0.0320. The lowest BCUT2D eigenvalue weighted by molar-refractivity contribution is -0.143. The second-order valence-electron chi connectivity index (χ2n) is 24.9. The first-order valence-corrected chi connectivity index (χ1v) is 35.9. The fourth-order valence-electron chi connectivity index (χ4n) is 11.6. The Labute approximate surface area is 489 Å². The molecule has 0 saturated carbocycles. The number of ether oxygens (including phenoxy) is 1. The molecule has 0 radical (unpaired) electrons. The topological polar surface area (TPSA) is 95.9 Å². The van der Waals surface area contributed by atoms with Crippen LogP contribution in [0.3, 0.4) is 0 Å². The number of hydrogen-bond acceptors (Lipinski definition) is 5. The van der Waals surface area contributed by atoms with Gasteiger partial charge in [0.15, 0.2) is 0 Å². The van der Waals surface area contributed by atoms with Gasteiger partial charge in [-0.15, -0.1) is 0 Å². The fraction of sp³-hybridized carbons (Fsp3) is 0.944. The standard InChI is InChI=1S/C72H141NO5/c1-3-5-7-9-11-13-15-17-19-33-37-40-44-48-52-56-60-64-70(75)69(68-74)73-71(76)65-61-57-53-49-45-41-38-34-31-29-27-25-23-21-20-22-24-26-28-30-32-35-39-43-47-51-55-59-63-67-78-72(77)66-62-58-54-50-46-42-36-18-16-14-12-10-8-6-4-2/h20,22,69-70,74-75H,3-19,21,23-68H2,1-2H3,(H,73,76)/b22-20-. The molecule has 6 heteroatoms. The molecule has 0 aliphatic heterocycles. The highest BCUT2D eigenvalue weighted by Crippen LogP contribution is 2.19. The van der Waals surface area contributed by atoms with Crippen LogP contribution in [-0.2, 0) is 14.3 Å². The summed E-state index contributed by atoms with van der Waals surface area (Å²) in [6, 6.07) is -0.540. The van der Waals surface area contributed by atoms with E-state index in [9.17, 15) is 19.8 Å². The first-order chi connectivity index (χ1) is 38.5. The van der Waals surface area contributed by atoms with E-state index in [1.807, 2.05) is 0 Å². The van der Waals surface area contributed by atoms with E-state index < -0.39 is 12.1 Å². The van der Waals surface area contributed by atoms with Crippen LogP contribution in [-0.4, -0.2) is 47.4 Å². The highest BCUT2D eigenvalue weighted by atomic mass is 16.5. The van der Waals surface area contributed by atoms with Gasteiger partial charge in [0.2, 0.25) is 5.91 Å². The first-order valence-electron chi connectivity index (χ1n) is 35.9. The third kappa shape index (κ3) is 63.8. The summed E-state index contributed by atoms with van der Waals surface area (Å²) in [6.07, 6.45) is 84.1. The van der Waals surface area contributed by atoms with E-state index >= 15 is 0 Å². The molecule has 0 aromatic heterocycles. The van der Waals surface area contributed by atoms with Crippen molar-refractivity contribution < 1.29 is 24.5 Å². The SMILES string of the molecule is CCCCCCCCCCCCCCCCCCCC(O)C(CO)NC(=O)CCCCCCCCCCCCCCC/C=C\CCCCCCCCCCCCCCOC(=O)CCCCCCCCCCCCCCCCC. The molecule has 0 aromatic rings. The fourth-order valence-corrected chi connectivity index (χ4v) is 11.6. The molecule has 3 N–H and O–H groups in total. The van der Waals surface area contributed by atoms with Gasteiger partial charge in [0.05, 0.1) is 25.4 Å². The average molecular weight is 1100 g/mol. The predicted octanol–water partition coefficient (Wildman–Crippen LogP) is 23.1. The smallest absolute Gasteiger partial charge is 0.305 e. The summed E-state index contributed by atoms with van der Waals surface area (Å²) in [4.78, 5) is 24.6. The van der Waals surface area contributed by atoms with Crippen LogP contribution in [0.4, 0.5) is 0 Å². The molecule has 0 aliphatic rings. The lowest BCUT2D eigenvalue weighted by Crippen LogP contribution is -2.45. The number of aliphatic hydroxyl groups is 2. The monoisotopic (exact) mass is 1100 g/mol. The molecule has 0 spiro atoms. The summed E-state index contributed by atoms with van der Waals surface area (Å²) in [5, 5.41) is 23.4. The number of hydrogen-bond donors (Lipinski definition) is 3. The lowest BCUT2D eigenvalue weighted by atomic mass is 10.0. The third-order valence-electron chi connectivity index (χ3n) is 17.1. The van der Waals surface area contributed by atoms with Crippen LogP contribution in [0.1, 0.15) is 412 Å². The molecule has 0 saturated heterocycles. The maximum atomic E-state index is 12.5. The number of carbonyl (C=O) groups is 2. The Kier molecular flexibility index (Phi) is 66.9. The number of carbonyl (C=O) groups excluding carboxylic acids is 2. The number of unbranched alkanes of at least 4 members (excludes halogenated alkanes) is 55. The van der Waals surface area contributed by atoms with Crippen LogP contribution in [0, 0.1) is 0 Å². The molecule has 2 unspecified atom stereocenters.